The van der Waals surface area contributed by atoms with Crippen LogP contribution in [0.5, 0.6) is 11.5 Å². The van der Waals surface area contributed by atoms with Crippen LogP contribution in [0.2, 0.25) is 0 Å². The lowest BCUT2D eigenvalue weighted by atomic mass is 10.1. The molecule has 4 rings (SSSR count). The molecule has 2 atom stereocenters. The molecule has 7 heteroatoms. The molecule has 0 spiro atoms. The molecule has 2 heterocycles. The molecular weight excluding hydrogens is 394 g/mol. The first-order valence-corrected chi connectivity index (χ1v) is 11.3. The third-order valence-electron chi connectivity index (χ3n) is 6.02. The largest absolute Gasteiger partial charge is 0.493 e. The van der Waals surface area contributed by atoms with Crippen LogP contribution >= 0.6 is 0 Å². The standard InChI is InChI=1S/C24H33N3O4/c1-17-15-26(16-18(2)30-17)24(28)11-13-27-12-10-21(25-27)19-8-9-22(29-3)23(14-19)31-20-6-4-5-7-20/h8-10,12,14,17-18,20H,4-7,11,13,15-16H2,1-3H3. The molecule has 1 aliphatic heterocycles. The molecule has 2 aliphatic rings. The second kappa shape index (κ2) is 9.73. The number of ether oxygens (including phenoxy) is 3. The Hall–Kier alpha value is -2.54. The van der Waals surface area contributed by atoms with Gasteiger partial charge in [0.15, 0.2) is 11.5 Å². The van der Waals surface area contributed by atoms with E-state index in [0.29, 0.717) is 26.1 Å². The summed E-state index contributed by atoms with van der Waals surface area (Å²) in [6, 6.07) is 7.91. The number of aryl methyl sites for hydroxylation is 1. The first-order valence-electron chi connectivity index (χ1n) is 11.3. The number of nitrogens with zero attached hydrogens (tertiary/aromatic N) is 3. The third-order valence-corrected chi connectivity index (χ3v) is 6.02. The molecule has 1 aromatic heterocycles. The number of methoxy groups -OCH3 is 1. The number of carbonyl (C=O) groups excluding carboxylic acids is 1. The third kappa shape index (κ3) is 5.39. The first-order chi connectivity index (χ1) is 15.0. The topological polar surface area (TPSA) is 65.8 Å². The first kappa shape index (κ1) is 21.7. The fourth-order valence-electron chi connectivity index (χ4n) is 4.50. The summed E-state index contributed by atoms with van der Waals surface area (Å²) in [5.74, 6) is 1.66. The van der Waals surface area contributed by atoms with E-state index in [0.717, 1.165) is 35.6 Å². The zero-order valence-corrected chi connectivity index (χ0v) is 18.8. The van der Waals surface area contributed by atoms with Crippen molar-refractivity contribution >= 4 is 5.91 Å². The second-order valence-electron chi connectivity index (χ2n) is 8.66. The molecular formula is C24H33N3O4. The van der Waals surface area contributed by atoms with Gasteiger partial charge in [-0.25, -0.2) is 0 Å². The van der Waals surface area contributed by atoms with Crippen LogP contribution in [-0.4, -0.2) is 59.1 Å². The van der Waals surface area contributed by atoms with E-state index >= 15 is 0 Å². The van der Waals surface area contributed by atoms with Crippen LogP contribution in [-0.2, 0) is 16.1 Å². The minimum atomic E-state index is 0.0831. The van der Waals surface area contributed by atoms with Crippen molar-refractivity contribution in [3.05, 3.63) is 30.5 Å². The fourth-order valence-corrected chi connectivity index (χ4v) is 4.50. The molecule has 7 nitrogen and oxygen atoms in total. The van der Waals surface area contributed by atoms with Gasteiger partial charge in [0.05, 0.1) is 31.1 Å². The van der Waals surface area contributed by atoms with Gasteiger partial charge in [0.25, 0.3) is 0 Å². The van der Waals surface area contributed by atoms with Crippen molar-refractivity contribution in [2.45, 2.75) is 70.8 Å². The Kier molecular flexibility index (Phi) is 6.80. The van der Waals surface area contributed by atoms with E-state index in [1.54, 1.807) is 7.11 Å². The molecule has 1 saturated heterocycles. The van der Waals surface area contributed by atoms with E-state index in [9.17, 15) is 4.79 Å². The highest BCUT2D eigenvalue weighted by molar-refractivity contribution is 5.76. The van der Waals surface area contributed by atoms with Crippen molar-refractivity contribution in [3.8, 4) is 22.8 Å². The summed E-state index contributed by atoms with van der Waals surface area (Å²) in [5.41, 5.74) is 1.84. The molecule has 2 aromatic rings. The lowest BCUT2D eigenvalue weighted by Gasteiger charge is -2.35. The Bertz CT molecular complexity index is 881. The van der Waals surface area contributed by atoms with Crippen LogP contribution in [0.15, 0.2) is 30.5 Å². The number of rotatable bonds is 7. The molecule has 1 saturated carbocycles. The maximum Gasteiger partial charge on any atom is 0.224 e. The minimum Gasteiger partial charge on any atom is -0.493 e. The Balaban J connectivity index is 1.39. The van der Waals surface area contributed by atoms with Crippen LogP contribution in [0.1, 0.15) is 46.0 Å². The van der Waals surface area contributed by atoms with E-state index in [1.807, 2.05) is 53.9 Å². The van der Waals surface area contributed by atoms with Crippen molar-refractivity contribution in [2.75, 3.05) is 20.2 Å². The van der Waals surface area contributed by atoms with Crippen molar-refractivity contribution in [1.82, 2.24) is 14.7 Å². The predicted molar refractivity (Wildman–Crippen MR) is 118 cm³/mol. The van der Waals surface area contributed by atoms with E-state index in [1.165, 1.54) is 12.8 Å². The second-order valence-corrected chi connectivity index (χ2v) is 8.66. The fraction of sp³-hybridized carbons (Fsp3) is 0.583. The highest BCUT2D eigenvalue weighted by atomic mass is 16.5. The maximum atomic E-state index is 12.6. The van der Waals surface area contributed by atoms with Gasteiger partial charge in [0.1, 0.15) is 0 Å². The maximum absolute atomic E-state index is 12.6. The van der Waals surface area contributed by atoms with Crippen molar-refractivity contribution < 1.29 is 19.0 Å². The normalized spacial score (nSPS) is 22.0. The van der Waals surface area contributed by atoms with Gasteiger partial charge >= 0.3 is 0 Å². The lowest BCUT2D eigenvalue weighted by Crippen LogP contribution is -2.48. The number of amides is 1. The Morgan fingerprint density at radius 3 is 2.58 bits per heavy atom. The SMILES string of the molecule is COc1ccc(-c2ccn(CCC(=O)N3CC(C)OC(C)C3)n2)cc1OC1CCCC1. The summed E-state index contributed by atoms with van der Waals surface area (Å²) in [6.45, 7) is 5.89. The molecule has 2 unspecified atom stereocenters. The number of morpholine rings is 1. The average Bonchev–Trinajstić information content (AvgIpc) is 3.43. The summed E-state index contributed by atoms with van der Waals surface area (Å²) >= 11 is 0. The van der Waals surface area contributed by atoms with Crippen LogP contribution < -0.4 is 9.47 Å². The van der Waals surface area contributed by atoms with Gasteiger partial charge in [-0.1, -0.05) is 0 Å². The quantitative estimate of drug-likeness (QED) is 0.670. The molecule has 1 amide bonds. The highest BCUT2D eigenvalue weighted by Crippen LogP contribution is 2.35. The number of benzene rings is 1. The molecule has 168 valence electrons. The van der Waals surface area contributed by atoms with Gasteiger partial charge in [-0.2, -0.15) is 5.10 Å². The molecule has 0 radical (unpaired) electrons. The summed E-state index contributed by atoms with van der Waals surface area (Å²) in [4.78, 5) is 14.5. The smallest absolute Gasteiger partial charge is 0.224 e. The highest BCUT2D eigenvalue weighted by Gasteiger charge is 2.25. The number of aromatic nitrogens is 2. The summed E-state index contributed by atoms with van der Waals surface area (Å²) in [5, 5.41) is 4.68. The van der Waals surface area contributed by atoms with Gasteiger partial charge in [-0.05, 0) is 63.8 Å². The van der Waals surface area contributed by atoms with Crippen molar-refractivity contribution in [2.24, 2.45) is 0 Å². The molecule has 1 aromatic carbocycles. The van der Waals surface area contributed by atoms with E-state index in [4.69, 9.17) is 14.2 Å². The minimum absolute atomic E-state index is 0.0831. The zero-order chi connectivity index (χ0) is 21.8. The van der Waals surface area contributed by atoms with Gasteiger partial charge < -0.3 is 19.1 Å². The lowest BCUT2D eigenvalue weighted by molar-refractivity contribution is -0.143. The van der Waals surface area contributed by atoms with Crippen molar-refractivity contribution in [1.29, 1.82) is 0 Å². The van der Waals surface area contributed by atoms with Crippen molar-refractivity contribution in [3.63, 3.8) is 0 Å². The summed E-state index contributed by atoms with van der Waals surface area (Å²) in [6.07, 6.45) is 7.41. The molecule has 1 aliphatic carbocycles. The molecule has 31 heavy (non-hydrogen) atoms. The van der Waals surface area contributed by atoms with Crippen LogP contribution in [0.25, 0.3) is 11.3 Å². The van der Waals surface area contributed by atoms with Gasteiger partial charge in [0, 0.05) is 37.8 Å². The number of hydrogen-bond acceptors (Lipinski definition) is 5. The Labute approximate surface area is 184 Å². The summed E-state index contributed by atoms with van der Waals surface area (Å²) in [7, 11) is 1.66. The van der Waals surface area contributed by atoms with E-state index < -0.39 is 0 Å². The molecule has 0 bridgehead atoms. The monoisotopic (exact) mass is 427 g/mol. The van der Waals surface area contributed by atoms with E-state index in [-0.39, 0.29) is 24.2 Å². The van der Waals surface area contributed by atoms with Crippen LogP contribution in [0.3, 0.4) is 0 Å². The Morgan fingerprint density at radius 2 is 1.87 bits per heavy atom. The predicted octanol–water partition coefficient (Wildman–Crippen LogP) is 3.91. The molecule has 0 N–H and O–H groups in total. The number of hydrogen-bond donors (Lipinski definition) is 0. The average molecular weight is 428 g/mol. The van der Waals surface area contributed by atoms with Crippen LogP contribution in [0, 0.1) is 0 Å². The van der Waals surface area contributed by atoms with Gasteiger partial charge in [0.2, 0.25) is 5.91 Å². The van der Waals surface area contributed by atoms with Crippen LogP contribution in [0.4, 0.5) is 0 Å². The number of carbonyl (C=O) groups is 1. The summed E-state index contributed by atoms with van der Waals surface area (Å²) < 4.78 is 19.3. The van der Waals surface area contributed by atoms with Gasteiger partial charge in [-0.15, -0.1) is 0 Å². The zero-order valence-electron chi connectivity index (χ0n) is 18.8. The molecule has 2 fully saturated rings. The van der Waals surface area contributed by atoms with Gasteiger partial charge in [-0.3, -0.25) is 9.48 Å². The van der Waals surface area contributed by atoms with E-state index in [2.05, 4.69) is 5.10 Å². The Morgan fingerprint density at radius 1 is 1.13 bits per heavy atom.